The molecule has 1 saturated heterocycles. The average Bonchev–Trinajstić information content (AvgIpc) is 2.33. The van der Waals surface area contributed by atoms with E-state index in [1.165, 1.54) is 5.56 Å². The van der Waals surface area contributed by atoms with Gasteiger partial charge in [0.15, 0.2) is 0 Å². The number of nitrogens with zero attached hydrogens (tertiary/aromatic N) is 1. The quantitative estimate of drug-likeness (QED) is 0.819. The highest BCUT2D eigenvalue weighted by atomic mass is 16.5. The molecular formula is C15H19NO2. The minimum atomic E-state index is -0.171. The Morgan fingerprint density at radius 3 is 2.61 bits per heavy atom. The molecule has 96 valence electrons. The zero-order valence-corrected chi connectivity index (χ0v) is 11.2. The fourth-order valence-electron chi connectivity index (χ4n) is 2.36. The van der Waals surface area contributed by atoms with Gasteiger partial charge in [-0.2, -0.15) is 5.26 Å². The van der Waals surface area contributed by atoms with Crippen molar-refractivity contribution in [2.24, 2.45) is 0 Å². The largest absolute Gasteiger partial charge is 0.496 e. The molecule has 0 spiro atoms. The predicted molar refractivity (Wildman–Crippen MR) is 69.8 cm³/mol. The van der Waals surface area contributed by atoms with Crippen molar-refractivity contribution in [3.05, 3.63) is 29.3 Å². The highest BCUT2D eigenvalue weighted by Gasteiger charge is 2.42. The molecule has 1 heterocycles. The highest BCUT2D eigenvalue weighted by molar-refractivity contribution is 5.45. The third kappa shape index (κ3) is 2.09. The van der Waals surface area contributed by atoms with Crippen LogP contribution in [0.5, 0.6) is 5.75 Å². The molecule has 0 aromatic heterocycles. The van der Waals surface area contributed by atoms with Crippen molar-refractivity contribution in [2.45, 2.75) is 31.6 Å². The van der Waals surface area contributed by atoms with Crippen LogP contribution in [0.4, 0.5) is 0 Å². The van der Waals surface area contributed by atoms with Crippen LogP contribution < -0.4 is 4.74 Å². The average molecular weight is 245 g/mol. The summed E-state index contributed by atoms with van der Waals surface area (Å²) in [4.78, 5) is 0. The third-order valence-corrected chi connectivity index (χ3v) is 3.64. The van der Waals surface area contributed by atoms with E-state index in [1.807, 2.05) is 0 Å². The van der Waals surface area contributed by atoms with Gasteiger partial charge in [-0.1, -0.05) is 26.0 Å². The van der Waals surface area contributed by atoms with Crippen LogP contribution in [0.15, 0.2) is 18.2 Å². The summed E-state index contributed by atoms with van der Waals surface area (Å²) in [5, 5.41) is 8.99. The lowest BCUT2D eigenvalue weighted by molar-refractivity contribution is -0.0586. The van der Waals surface area contributed by atoms with Crippen LogP contribution in [0.25, 0.3) is 0 Å². The summed E-state index contributed by atoms with van der Waals surface area (Å²) in [6, 6.07) is 8.56. The van der Waals surface area contributed by atoms with Crippen molar-refractivity contribution in [3.8, 4) is 11.8 Å². The minimum absolute atomic E-state index is 0.171. The van der Waals surface area contributed by atoms with Crippen molar-refractivity contribution >= 4 is 0 Å². The molecule has 1 aromatic carbocycles. The number of benzene rings is 1. The summed E-state index contributed by atoms with van der Waals surface area (Å²) in [7, 11) is 1.68. The van der Waals surface area contributed by atoms with Gasteiger partial charge in [-0.3, -0.25) is 0 Å². The molecule has 0 radical (unpaired) electrons. The number of hydrogen-bond donors (Lipinski definition) is 0. The second-order valence-electron chi connectivity index (χ2n) is 5.22. The molecule has 1 fully saturated rings. The monoisotopic (exact) mass is 245 g/mol. The van der Waals surface area contributed by atoms with Crippen molar-refractivity contribution in [1.82, 2.24) is 0 Å². The molecular weight excluding hydrogens is 226 g/mol. The Morgan fingerprint density at radius 2 is 2.17 bits per heavy atom. The van der Waals surface area contributed by atoms with Crippen LogP contribution >= 0.6 is 0 Å². The first-order chi connectivity index (χ1) is 8.63. The van der Waals surface area contributed by atoms with Gasteiger partial charge in [0.1, 0.15) is 5.75 Å². The SMILES string of the molecule is COc1cc(C(C)C)ccc1C1(CC#N)COC1. The first-order valence-electron chi connectivity index (χ1n) is 6.26. The van der Waals surface area contributed by atoms with Gasteiger partial charge in [0.05, 0.1) is 31.8 Å². The zero-order valence-electron chi connectivity index (χ0n) is 11.2. The van der Waals surface area contributed by atoms with Gasteiger partial charge in [-0.15, -0.1) is 0 Å². The Balaban J connectivity index is 2.41. The zero-order chi connectivity index (χ0) is 13.2. The molecule has 1 aliphatic rings. The lowest BCUT2D eigenvalue weighted by atomic mass is 9.75. The first kappa shape index (κ1) is 12.9. The summed E-state index contributed by atoms with van der Waals surface area (Å²) in [6.45, 7) is 5.54. The topological polar surface area (TPSA) is 42.2 Å². The van der Waals surface area contributed by atoms with Crippen molar-refractivity contribution in [1.29, 1.82) is 5.26 Å². The van der Waals surface area contributed by atoms with E-state index in [9.17, 15) is 0 Å². The molecule has 0 amide bonds. The van der Waals surface area contributed by atoms with Gasteiger partial charge in [-0.25, -0.2) is 0 Å². The van der Waals surface area contributed by atoms with E-state index in [0.717, 1.165) is 11.3 Å². The van der Waals surface area contributed by atoms with Gasteiger partial charge in [0.25, 0.3) is 0 Å². The Morgan fingerprint density at radius 1 is 1.44 bits per heavy atom. The van der Waals surface area contributed by atoms with Crippen molar-refractivity contribution in [3.63, 3.8) is 0 Å². The fraction of sp³-hybridized carbons (Fsp3) is 0.533. The highest BCUT2D eigenvalue weighted by Crippen LogP contribution is 2.41. The lowest BCUT2D eigenvalue weighted by Gasteiger charge is -2.41. The summed E-state index contributed by atoms with van der Waals surface area (Å²) < 4.78 is 10.8. The smallest absolute Gasteiger partial charge is 0.123 e. The summed E-state index contributed by atoms with van der Waals surface area (Å²) in [5.74, 6) is 1.34. The molecule has 1 aromatic rings. The van der Waals surface area contributed by atoms with Gasteiger partial charge in [-0.05, 0) is 17.5 Å². The first-order valence-corrected chi connectivity index (χ1v) is 6.26. The number of methoxy groups -OCH3 is 1. The number of nitriles is 1. The number of ether oxygens (including phenoxy) is 2. The van der Waals surface area contributed by atoms with E-state index in [0.29, 0.717) is 25.6 Å². The lowest BCUT2D eigenvalue weighted by Crippen LogP contribution is -2.46. The van der Waals surface area contributed by atoms with Gasteiger partial charge in [0.2, 0.25) is 0 Å². The van der Waals surface area contributed by atoms with Crippen LogP contribution in [0.1, 0.15) is 37.3 Å². The second-order valence-corrected chi connectivity index (χ2v) is 5.22. The fourth-order valence-corrected chi connectivity index (χ4v) is 2.36. The van der Waals surface area contributed by atoms with Crippen LogP contribution in [0.3, 0.4) is 0 Å². The van der Waals surface area contributed by atoms with Crippen LogP contribution in [-0.2, 0) is 10.2 Å². The minimum Gasteiger partial charge on any atom is -0.496 e. The number of rotatable bonds is 4. The van der Waals surface area contributed by atoms with E-state index < -0.39 is 0 Å². The molecule has 1 aliphatic heterocycles. The maximum Gasteiger partial charge on any atom is 0.123 e. The molecule has 18 heavy (non-hydrogen) atoms. The summed E-state index contributed by atoms with van der Waals surface area (Å²) in [6.07, 6.45) is 0.477. The molecule has 0 bridgehead atoms. The van der Waals surface area contributed by atoms with Gasteiger partial charge >= 0.3 is 0 Å². The standard InChI is InChI=1S/C15H19NO2/c1-11(2)12-4-5-13(14(8-12)17-3)15(6-7-16)9-18-10-15/h4-5,8,11H,6,9-10H2,1-3H3. The Labute approximate surface area is 108 Å². The van der Waals surface area contributed by atoms with E-state index in [2.05, 4.69) is 38.1 Å². The molecule has 0 atom stereocenters. The molecule has 0 N–H and O–H groups in total. The Kier molecular flexibility index (Phi) is 3.58. The predicted octanol–water partition coefficient (Wildman–Crippen LogP) is 3.00. The number of hydrogen-bond acceptors (Lipinski definition) is 3. The summed E-state index contributed by atoms with van der Waals surface area (Å²) >= 11 is 0. The van der Waals surface area contributed by atoms with Crippen molar-refractivity contribution < 1.29 is 9.47 Å². The Hall–Kier alpha value is -1.53. The molecule has 3 nitrogen and oxygen atoms in total. The van der Waals surface area contributed by atoms with Crippen LogP contribution in [0, 0.1) is 11.3 Å². The third-order valence-electron chi connectivity index (χ3n) is 3.64. The van der Waals surface area contributed by atoms with E-state index in [4.69, 9.17) is 14.7 Å². The molecule has 0 saturated carbocycles. The molecule has 0 aliphatic carbocycles. The van der Waals surface area contributed by atoms with Gasteiger partial charge in [0, 0.05) is 12.0 Å². The second kappa shape index (κ2) is 4.99. The molecule has 2 rings (SSSR count). The van der Waals surface area contributed by atoms with Crippen LogP contribution in [-0.4, -0.2) is 20.3 Å². The van der Waals surface area contributed by atoms with Crippen molar-refractivity contribution in [2.75, 3.05) is 20.3 Å². The normalized spacial score (nSPS) is 17.1. The maximum atomic E-state index is 8.99. The van der Waals surface area contributed by atoms with E-state index in [1.54, 1.807) is 7.11 Å². The van der Waals surface area contributed by atoms with E-state index >= 15 is 0 Å². The molecule has 0 unspecified atom stereocenters. The summed E-state index contributed by atoms with van der Waals surface area (Å²) in [5.41, 5.74) is 2.18. The van der Waals surface area contributed by atoms with Gasteiger partial charge < -0.3 is 9.47 Å². The van der Waals surface area contributed by atoms with E-state index in [-0.39, 0.29) is 5.41 Å². The Bertz CT molecular complexity index is 470. The van der Waals surface area contributed by atoms with Crippen LogP contribution in [0.2, 0.25) is 0 Å². The molecule has 3 heteroatoms. The maximum absolute atomic E-state index is 8.99.